The van der Waals surface area contributed by atoms with Crippen LogP contribution in [0.15, 0.2) is 12.1 Å². The molecule has 4 heteroatoms. The van der Waals surface area contributed by atoms with E-state index < -0.39 is 0 Å². The molecule has 1 aromatic heterocycles. The van der Waals surface area contributed by atoms with Crippen molar-refractivity contribution < 1.29 is 5.11 Å². The van der Waals surface area contributed by atoms with Crippen LogP contribution >= 0.6 is 11.3 Å². The van der Waals surface area contributed by atoms with E-state index in [1.54, 1.807) is 0 Å². The monoisotopic (exact) mass is 242 g/mol. The standard InChI is InChI=1S/C12H22N2OS/c1-3-10-4-5-12(16-10)11(8-13)14-9(2)6-7-15/h4-5,9,11,14-15H,3,6-8,13H2,1-2H3. The van der Waals surface area contributed by atoms with Crippen LogP contribution in [0.3, 0.4) is 0 Å². The summed E-state index contributed by atoms with van der Waals surface area (Å²) in [6.07, 6.45) is 1.84. The normalized spacial score (nSPS) is 15.0. The zero-order chi connectivity index (χ0) is 12.0. The van der Waals surface area contributed by atoms with Crippen molar-refractivity contribution in [2.75, 3.05) is 13.2 Å². The van der Waals surface area contributed by atoms with Crippen LogP contribution in [-0.2, 0) is 6.42 Å². The molecule has 2 atom stereocenters. The molecule has 0 saturated heterocycles. The van der Waals surface area contributed by atoms with Crippen LogP contribution in [0.25, 0.3) is 0 Å². The van der Waals surface area contributed by atoms with E-state index in [0.29, 0.717) is 12.6 Å². The number of hydrogen-bond donors (Lipinski definition) is 3. The Balaban J connectivity index is 2.59. The smallest absolute Gasteiger partial charge is 0.0541 e. The summed E-state index contributed by atoms with van der Waals surface area (Å²) in [7, 11) is 0. The summed E-state index contributed by atoms with van der Waals surface area (Å²) >= 11 is 1.82. The predicted octanol–water partition coefficient (Wildman–Crippen LogP) is 1.67. The number of thiophene rings is 1. The molecule has 16 heavy (non-hydrogen) atoms. The maximum absolute atomic E-state index is 8.87. The van der Waals surface area contributed by atoms with Crippen LogP contribution < -0.4 is 11.1 Å². The number of nitrogens with two attached hydrogens (primary N) is 1. The topological polar surface area (TPSA) is 58.3 Å². The average Bonchev–Trinajstić information content (AvgIpc) is 2.74. The first-order valence-electron chi connectivity index (χ1n) is 5.86. The van der Waals surface area contributed by atoms with E-state index in [1.165, 1.54) is 9.75 Å². The Labute approximate surface area is 102 Å². The molecule has 1 aromatic rings. The molecule has 0 saturated carbocycles. The number of aliphatic hydroxyl groups is 1. The third-order valence-electron chi connectivity index (χ3n) is 2.66. The molecule has 2 unspecified atom stereocenters. The first-order valence-corrected chi connectivity index (χ1v) is 6.68. The van der Waals surface area contributed by atoms with Crippen molar-refractivity contribution in [1.82, 2.24) is 5.32 Å². The molecule has 0 aliphatic heterocycles. The Morgan fingerprint density at radius 1 is 1.50 bits per heavy atom. The quantitative estimate of drug-likeness (QED) is 0.681. The lowest BCUT2D eigenvalue weighted by Crippen LogP contribution is -2.35. The second-order valence-electron chi connectivity index (χ2n) is 4.03. The fraction of sp³-hybridized carbons (Fsp3) is 0.667. The highest BCUT2D eigenvalue weighted by molar-refractivity contribution is 7.12. The van der Waals surface area contributed by atoms with Crippen LogP contribution in [0.2, 0.25) is 0 Å². The minimum Gasteiger partial charge on any atom is -0.396 e. The largest absolute Gasteiger partial charge is 0.396 e. The summed E-state index contributed by atoms with van der Waals surface area (Å²) in [5, 5.41) is 12.3. The van der Waals surface area contributed by atoms with Gasteiger partial charge in [0.2, 0.25) is 0 Å². The van der Waals surface area contributed by atoms with Gasteiger partial charge in [0, 0.05) is 28.9 Å². The van der Waals surface area contributed by atoms with Crippen LogP contribution in [0.4, 0.5) is 0 Å². The van der Waals surface area contributed by atoms with Gasteiger partial charge in [-0.1, -0.05) is 6.92 Å². The van der Waals surface area contributed by atoms with E-state index in [1.807, 2.05) is 11.3 Å². The number of rotatable bonds is 7. The van der Waals surface area contributed by atoms with Gasteiger partial charge in [0.1, 0.15) is 0 Å². The van der Waals surface area contributed by atoms with Gasteiger partial charge in [0.15, 0.2) is 0 Å². The first kappa shape index (κ1) is 13.6. The zero-order valence-corrected chi connectivity index (χ0v) is 10.9. The molecule has 0 amide bonds. The van der Waals surface area contributed by atoms with Gasteiger partial charge >= 0.3 is 0 Å². The fourth-order valence-corrected chi connectivity index (χ4v) is 2.68. The van der Waals surface area contributed by atoms with Crippen molar-refractivity contribution in [3.05, 3.63) is 21.9 Å². The van der Waals surface area contributed by atoms with Gasteiger partial charge in [0.05, 0.1) is 6.04 Å². The molecule has 1 heterocycles. The molecule has 0 aliphatic carbocycles. The second kappa shape index (κ2) is 7.01. The SMILES string of the molecule is CCc1ccc(C(CN)NC(C)CCO)s1. The van der Waals surface area contributed by atoms with Crippen LogP contribution in [-0.4, -0.2) is 24.3 Å². The number of aliphatic hydroxyl groups excluding tert-OH is 1. The average molecular weight is 242 g/mol. The molecule has 0 fully saturated rings. The molecular weight excluding hydrogens is 220 g/mol. The minimum atomic E-state index is 0.215. The van der Waals surface area contributed by atoms with Gasteiger partial charge in [-0.05, 0) is 31.9 Å². The maximum Gasteiger partial charge on any atom is 0.0541 e. The lowest BCUT2D eigenvalue weighted by molar-refractivity contribution is 0.264. The van der Waals surface area contributed by atoms with Gasteiger partial charge < -0.3 is 16.2 Å². The van der Waals surface area contributed by atoms with Crippen molar-refractivity contribution in [3.63, 3.8) is 0 Å². The summed E-state index contributed by atoms with van der Waals surface area (Å²) in [6.45, 7) is 5.05. The molecule has 4 N–H and O–H groups in total. The van der Waals surface area contributed by atoms with Gasteiger partial charge in [0.25, 0.3) is 0 Å². The van der Waals surface area contributed by atoms with E-state index >= 15 is 0 Å². The summed E-state index contributed by atoms with van der Waals surface area (Å²) in [5.41, 5.74) is 5.78. The summed E-state index contributed by atoms with van der Waals surface area (Å²) in [5.74, 6) is 0. The summed E-state index contributed by atoms with van der Waals surface area (Å²) in [6, 6.07) is 4.83. The molecule has 0 bridgehead atoms. The van der Waals surface area contributed by atoms with Crippen LogP contribution in [0, 0.1) is 0 Å². The minimum absolute atomic E-state index is 0.215. The zero-order valence-electron chi connectivity index (χ0n) is 10.1. The lowest BCUT2D eigenvalue weighted by atomic mass is 10.1. The third kappa shape index (κ3) is 3.87. The summed E-state index contributed by atoms with van der Waals surface area (Å²) < 4.78 is 0. The van der Waals surface area contributed by atoms with E-state index in [9.17, 15) is 0 Å². The van der Waals surface area contributed by atoms with Gasteiger partial charge in [-0.3, -0.25) is 0 Å². The molecule has 0 aromatic carbocycles. The molecule has 0 spiro atoms. The van der Waals surface area contributed by atoms with Crippen molar-refractivity contribution in [3.8, 4) is 0 Å². The number of hydrogen-bond acceptors (Lipinski definition) is 4. The Bertz CT molecular complexity index is 301. The van der Waals surface area contributed by atoms with E-state index in [4.69, 9.17) is 10.8 Å². The van der Waals surface area contributed by atoms with E-state index in [2.05, 4.69) is 31.3 Å². The van der Waals surface area contributed by atoms with Crippen molar-refractivity contribution >= 4 is 11.3 Å². The predicted molar refractivity (Wildman–Crippen MR) is 69.8 cm³/mol. The Hall–Kier alpha value is -0.420. The van der Waals surface area contributed by atoms with Gasteiger partial charge in [-0.15, -0.1) is 11.3 Å². The highest BCUT2D eigenvalue weighted by Crippen LogP contribution is 2.23. The fourth-order valence-electron chi connectivity index (χ4n) is 1.66. The Kier molecular flexibility index (Phi) is 5.98. The molecule has 3 nitrogen and oxygen atoms in total. The highest BCUT2D eigenvalue weighted by atomic mass is 32.1. The van der Waals surface area contributed by atoms with Crippen LogP contribution in [0.1, 0.15) is 36.1 Å². The lowest BCUT2D eigenvalue weighted by Gasteiger charge is -2.20. The second-order valence-corrected chi connectivity index (χ2v) is 5.23. The van der Waals surface area contributed by atoms with Gasteiger partial charge in [-0.25, -0.2) is 0 Å². The summed E-state index contributed by atoms with van der Waals surface area (Å²) in [4.78, 5) is 2.69. The third-order valence-corrected chi connectivity index (χ3v) is 4.00. The van der Waals surface area contributed by atoms with Crippen LogP contribution in [0.5, 0.6) is 0 Å². The molecular formula is C12H22N2OS. The molecule has 0 aliphatic rings. The van der Waals surface area contributed by atoms with E-state index in [0.717, 1.165) is 12.8 Å². The Morgan fingerprint density at radius 2 is 2.25 bits per heavy atom. The number of aryl methyl sites for hydroxylation is 1. The van der Waals surface area contributed by atoms with E-state index in [-0.39, 0.29) is 12.6 Å². The maximum atomic E-state index is 8.87. The Morgan fingerprint density at radius 3 is 2.75 bits per heavy atom. The van der Waals surface area contributed by atoms with Crippen molar-refractivity contribution in [2.24, 2.45) is 5.73 Å². The van der Waals surface area contributed by atoms with Gasteiger partial charge in [-0.2, -0.15) is 0 Å². The first-order chi connectivity index (χ1) is 7.71. The van der Waals surface area contributed by atoms with Crippen molar-refractivity contribution in [2.45, 2.75) is 38.8 Å². The number of nitrogens with one attached hydrogen (secondary N) is 1. The highest BCUT2D eigenvalue weighted by Gasteiger charge is 2.14. The molecule has 92 valence electrons. The molecule has 0 radical (unpaired) electrons. The van der Waals surface area contributed by atoms with Crippen molar-refractivity contribution in [1.29, 1.82) is 0 Å². The molecule has 1 rings (SSSR count).